The molecule has 0 bridgehead atoms. The minimum absolute atomic E-state index is 0.116. The minimum atomic E-state index is 0.116. The van der Waals surface area contributed by atoms with E-state index in [0.717, 1.165) is 18.8 Å². The Bertz CT molecular complexity index is 541. The SMILES string of the molecule is COc1ccc(CNC(C)(C)C)cc1Cn1ccnc1. The third kappa shape index (κ3) is 4.10. The van der Waals surface area contributed by atoms with Crippen molar-refractivity contribution >= 4 is 0 Å². The zero-order valence-corrected chi connectivity index (χ0v) is 12.7. The summed E-state index contributed by atoms with van der Waals surface area (Å²) in [4.78, 5) is 4.07. The van der Waals surface area contributed by atoms with Crippen LogP contribution in [0.4, 0.5) is 0 Å². The van der Waals surface area contributed by atoms with Crippen LogP contribution >= 0.6 is 0 Å². The maximum absolute atomic E-state index is 5.44. The van der Waals surface area contributed by atoms with Crippen LogP contribution < -0.4 is 10.1 Å². The standard InChI is InChI=1S/C16H23N3O/c1-16(2,3)18-10-13-5-6-15(20-4)14(9-13)11-19-8-7-17-12-19/h5-9,12,18H,10-11H2,1-4H3. The molecule has 20 heavy (non-hydrogen) atoms. The van der Waals surface area contributed by atoms with Crippen LogP contribution in [0.15, 0.2) is 36.9 Å². The second-order valence-electron chi connectivity index (χ2n) is 5.98. The van der Waals surface area contributed by atoms with Crippen molar-refractivity contribution in [2.75, 3.05) is 7.11 Å². The van der Waals surface area contributed by atoms with Crippen LogP contribution in [0.5, 0.6) is 5.75 Å². The normalized spacial score (nSPS) is 11.6. The van der Waals surface area contributed by atoms with Gasteiger partial charge in [0.15, 0.2) is 0 Å². The predicted octanol–water partition coefficient (Wildman–Crippen LogP) is 2.83. The molecule has 0 saturated heterocycles. The van der Waals surface area contributed by atoms with Crippen LogP contribution in [0.1, 0.15) is 31.9 Å². The average molecular weight is 273 g/mol. The maximum Gasteiger partial charge on any atom is 0.123 e. The average Bonchev–Trinajstić information content (AvgIpc) is 2.89. The molecule has 1 N–H and O–H groups in total. The van der Waals surface area contributed by atoms with Gasteiger partial charge in [-0.25, -0.2) is 4.98 Å². The molecule has 0 amide bonds. The molecule has 0 unspecified atom stereocenters. The van der Waals surface area contributed by atoms with Gasteiger partial charge in [0.25, 0.3) is 0 Å². The molecule has 0 aliphatic carbocycles. The summed E-state index contributed by atoms with van der Waals surface area (Å²) < 4.78 is 7.48. The zero-order chi connectivity index (χ0) is 14.6. The lowest BCUT2D eigenvalue weighted by atomic mass is 10.1. The monoisotopic (exact) mass is 273 g/mol. The molecule has 0 radical (unpaired) electrons. The first-order valence-electron chi connectivity index (χ1n) is 6.84. The fourth-order valence-corrected chi connectivity index (χ4v) is 2.01. The van der Waals surface area contributed by atoms with Crippen molar-refractivity contribution in [2.24, 2.45) is 0 Å². The summed E-state index contributed by atoms with van der Waals surface area (Å²) in [6.07, 6.45) is 5.57. The number of aromatic nitrogens is 2. The molecule has 2 aromatic rings. The van der Waals surface area contributed by atoms with E-state index >= 15 is 0 Å². The highest BCUT2D eigenvalue weighted by molar-refractivity contribution is 5.37. The second-order valence-corrected chi connectivity index (χ2v) is 5.98. The van der Waals surface area contributed by atoms with Gasteiger partial charge in [0.1, 0.15) is 5.75 Å². The zero-order valence-electron chi connectivity index (χ0n) is 12.7. The van der Waals surface area contributed by atoms with E-state index in [2.05, 4.69) is 43.2 Å². The van der Waals surface area contributed by atoms with E-state index in [-0.39, 0.29) is 5.54 Å². The molecule has 1 aromatic carbocycles. The van der Waals surface area contributed by atoms with Crippen molar-refractivity contribution in [3.8, 4) is 5.75 Å². The Labute approximate surface area is 120 Å². The van der Waals surface area contributed by atoms with Gasteiger partial charge in [-0.1, -0.05) is 6.07 Å². The first-order chi connectivity index (χ1) is 9.48. The highest BCUT2D eigenvalue weighted by atomic mass is 16.5. The van der Waals surface area contributed by atoms with Gasteiger partial charge in [-0.05, 0) is 38.5 Å². The summed E-state index contributed by atoms with van der Waals surface area (Å²) in [5.74, 6) is 0.915. The number of nitrogens with one attached hydrogen (secondary N) is 1. The Morgan fingerprint density at radius 3 is 2.70 bits per heavy atom. The highest BCUT2D eigenvalue weighted by Crippen LogP contribution is 2.21. The van der Waals surface area contributed by atoms with Crippen LogP contribution in [0.3, 0.4) is 0 Å². The van der Waals surface area contributed by atoms with Crippen molar-refractivity contribution < 1.29 is 4.74 Å². The second kappa shape index (κ2) is 6.09. The molecule has 108 valence electrons. The lowest BCUT2D eigenvalue weighted by molar-refractivity contribution is 0.406. The molecular formula is C16H23N3O. The smallest absolute Gasteiger partial charge is 0.123 e. The van der Waals surface area contributed by atoms with Crippen LogP contribution in [0, 0.1) is 0 Å². The first-order valence-corrected chi connectivity index (χ1v) is 6.84. The topological polar surface area (TPSA) is 39.1 Å². The van der Waals surface area contributed by atoms with Crippen molar-refractivity contribution in [2.45, 2.75) is 39.4 Å². The van der Waals surface area contributed by atoms with E-state index in [1.807, 2.05) is 23.2 Å². The van der Waals surface area contributed by atoms with Crippen molar-refractivity contribution in [1.29, 1.82) is 0 Å². The lowest BCUT2D eigenvalue weighted by Gasteiger charge is -2.21. The predicted molar refractivity (Wildman–Crippen MR) is 80.9 cm³/mol. The van der Waals surface area contributed by atoms with E-state index in [1.54, 1.807) is 13.3 Å². The van der Waals surface area contributed by atoms with Crippen LogP contribution in [0.25, 0.3) is 0 Å². The van der Waals surface area contributed by atoms with Gasteiger partial charge in [-0.2, -0.15) is 0 Å². The summed E-state index contributed by atoms with van der Waals surface area (Å²) in [5, 5.41) is 3.50. The van der Waals surface area contributed by atoms with E-state index in [9.17, 15) is 0 Å². The van der Waals surface area contributed by atoms with Gasteiger partial charge in [0.2, 0.25) is 0 Å². The Hall–Kier alpha value is -1.81. The van der Waals surface area contributed by atoms with Crippen molar-refractivity contribution in [1.82, 2.24) is 14.9 Å². The van der Waals surface area contributed by atoms with Crippen molar-refractivity contribution in [3.63, 3.8) is 0 Å². The van der Waals surface area contributed by atoms with Crippen LogP contribution in [0.2, 0.25) is 0 Å². The summed E-state index contributed by atoms with van der Waals surface area (Å²) in [7, 11) is 1.71. The van der Waals surface area contributed by atoms with Gasteiger partial charge in [-0.15, -0.1) is 0 Å². The largest absolute Gasteiger partial charge is 0.496 e. The molecule has 0 aliphatic heterocycles. The van der Waals surface area contributed by atoms with Crippen LogP contribution in [-0.4, -0.2) is 22.2 Å². The molecule has 4 heteroatoms. The highest BCUT2D eigenvalue weighted by Gasteiger charge is 2.10. The van der Waals surface area contributed by atoms with Crippen LogP contribution in [-0.2, 0) is 13.1 Å². The fraction of sp³-hybridized carbons (Fsp3) is 0.438. The van der Waals surface area contributed by atoms with E-state index in [1.165, 1.54) is 11.1 Å². The molecule has 1 aromatic heterocycles. The number of ether oxygens (including phenoxy) is 1. The number of methoxy groups -OCH3 is 1. The number of benzene rings is 1. The lowest BCUT2D eigenvalue weighted by Crippen LogP contribution is -2.35. The van der Waals surface area contributed by atoms with Crippen molar-refractivity contribution in [3.05, 3.63) is 48.0 Å². The Balaban J connectivity index is 2.16. The fourth-order valence-electron chi connectivity index (χ4n) is 2.01. The third-order valence-electron chi connectivity index (χ3n) is 3.08. The molecule has 0 aliphatic rings. The number of nitrogens with zero attached hydrogens (tertiary/aromatic N) is 2. The van der Waals surface area contributed by atoms with Gasteiger partial charge in [-0.3, -0.25) is 0 Å². The molecule has 0 atom stereocenters. The van der Waals surface area contributed by atoms with Gasteiger partial charge >= 0.3 is 0 Å². The van der Waals surface area contributed by atoms with Gasteiger partial charge < -0.3 is 14.6 Å². The number of rotatable bonds is 5. The van der Waals surface area contributed by atoms with E-state index in [4.69, 9.17) is 4.74 Å². The van der Waals surface area contributed by atoms with Gasteiger partial charge in [0, 0.05) is 30.0 Å². The Morgan fingerprint density at radius 2 is 2.10 bits per heavy atom. The summed E-state index contributed by atoms with van der Waals surface area (Å²) in [6.45, 7) is 8.13. The quantitative estimate of drug-likeness (QED) is 0.910. The summed E-state index contributed by atoms with van der Waals surface area (Å²) in [6, 6.07) is 6.33. The molecule has 1 heterocycles. The molecule has 2 rings (SSSR count). The Kier molecular flexibility index (Phi) is 4.45. The number of hydrogen-bond donors (Lipinski definition) is 1. The molecule has 0 spiro atoms. The van der Waals surface area contributed by atoms with Gasteiger partial charge in [0.05, 0.1) is 20.0 Å². The molecule has 0 saturated carbocycles. The van der Waals surface area contributed by atoms with E-state index < -0.39 is 0 Å². The molecule has 0 fully saturated rings. The third-order valence-corrected chi connectivity index (χ3v) is 3.08. The summed E-state index contributed by atoms with van der Waals surface area (Å²) >= 11 is 0. The number of hydrogen-bond acceptors (Lipinski definition) is 3. The molecule has 4 nitrogen and oxygen atoms in total. The first kappa shape index (κ1) is 14.6. The molecular weight excluding hydrogens is 250 g/mol. The minimum Gasteiger partial charge on any atom is -0.496 e. The Morgan fingerprint density at radius 1 is 1.30 bits per heavy atom. The number of imidazole rings is 1. The maximum atomic E-state index is 5.44. The summed E-state index contributed by atoms with van der Waals surface area (Å²) in [5.41, 5.74) is 2.54. The van der Waals surface area contributed by atoms with E-state index in [0.29, 0.717) is 0 Å².